The number of amides is 1. The summed E-state index contributed by atoms with van der Waals surface area (Å²) in [6, 6.07) is 19.2. The molecule has 13 heteroatoms. The number of halogens is 2. The van der Waals surface area contributed by atoms with Crippen LogP contribution in [0.25, 0.3) is 27.6 Å². The van der Waals surface area contributed by atoms with Gasteiger partial charge in [-0.05, 0) is 80.2 Å². The van der Waals surface area contributed by atoms with E-state index in [-0.39, 0.29) is 17.0 Å². The normalized spacial score (nSPS) is 13.7. The minimum Gasteiger partial charge on any atom is -0.493 e. The molecule has 0 unspecified atom stereocenters. The predicted molar refractivity (Wildman–Crippen MR) is 194 cm³/mol. The van der Waals surface area contributed by atoms with E-state index in [2.05, 4.69) is 32.1 Å². The standard InChI is InChI=1S/C39H36F2N6O5/c1-45-16-18-46(19-17-45)15-4-20-51-36-24-32-29(23-35(36)50-2)33(12-14-42-32)52-34-11-8-27(22-31(34)41)44-38(48)30-21-25-5-3-13-43-37(25)47(39(30)49)28-9-6-26(40)7-10-28/h3,5-14,21-24H,4,15-20H2,1-2H3,(H,44,48). The lowest BCUT2D eigenvalue weighted by Crippen LogP contribution is -2.44. The molecule has 11 nitrogen and oxygen atoms in total. The van der Waals surface area contributed by atoms with Crippen molar-refractivity contribution >= 4 is 33.5 Å². The number of methoxy groups -OCH3 is 1. The maximum atomic E-state index is 15.5. The number of nitrogens with one attached hydrogen (secondary N) is 1. The Morgan fingerprint density at radius 3 is 2.44 bits per heavy atom. The molecule has 52 heavy (non-hydrogen) atoms. The van der Waals surface area contributed by atoms with E-state index in [1.807, 2.05) is 0 Å². The number of pyridine rings is 3. The molecule has 266 valence electrons. The number of aromatic nitrogens is 3. The van der Waals surface area contributed by atoms with Gasteiger partial charge in [0.15, 0.2) is 23.1 Å². The number of rotatable bonds is 11. The third-order valence-electron chi connectivity index (χ3n) is 8.96. The smallest absolute Gasteiger partial charge is 0.269 e. The van der Waals surface area contributed by atoms with Crippen LogP contribution in [0.5, 0.6) is 23.0 Å². The van der Waals surface area contributed by atoms with Gasteiger partial charge in [-0.15, -0.1) is 0 Å². The van der Waals surface area contributed by atoms with E-state index in [4.69, 9.17) is 14.2 Å². The number of hydrogen-bond donors (Lipinski definition) is 1. The minimum absolute atomic E-state index is 0.0934. The molecule has 6 aromatic rings. The molecule has 0 radical (unpaired) electrons. The first kappa shape index (κ1) is 34.5. The molecule has 0 saturated carbocycles. The fraction of sp³-hybridized carbons (Fsp3) is 0.231. The fourth-order valence-corrected chi connectivity index (χ4v) is 6.14. The molecule has 1 saturated heterocycles. The highest BCUT2D eigenvalue weighted by atomic mass is 19.1. The monoisotopic (exact) mass is 706 g/mol. The number of hydrogen-bond acceptors (Lipinski definition) is 9. The fourth-order valence-electron chi connectivity index (χ4n) is 6.14. The lowest BCUT2D eigenvalue weighted by atomic mass is 10.1. The van der Waals surface area contributed by atoms with E-state index in [0.29, 0.717) is 51.5 Å². The highest BCUT2D eigenvalue weighted by Gasteiger charge is 2.20. The second-order valence-electron chi connectivity index (χ2n) is 12.5. The van der Waals surface area contributed by atoms with Crippen LogP contribution in [-0.2, 0) is 0 Å². The molecule has 4 heterocycles. The first-order chi connectivity index (χ1) is 25.3. The van der Waals surface area contributed by atoms with Crippen molar-refractivity contribution in [3.8, 4) is 28.7 Å². The number of nitrogens with zero attached hydrogens (tertiary/aromatic N) is 5. The van der Waals surface area contributed by atoms with Crippen LogP contribution >= 0.6 is 0 Å². The topological polar surface area (TPSA) is 111 Å². The summed E-state index contributed by atoms with van der Waals surface area (Å²) in [7, 11) is 3.69. The summed E-state index contributed by atoms with van der Waals surface area (Å²) in [6.45, 7) is 5.69. The van der Waals surface area contributed by atoms with Crippen molar-refractivity contribution in [3.63, 3.8) is 0 Å². The molecule has 0 spiro atoms. The Morgan fingerprint density at radius 2 is 1.67 bits per heavy atom. The molecule has 0 atom stereocenters. The summed E-state index contributed by atoms with van der Waals surface area (Å²) in [6.07, 6.45) is 3.94. The van der Waals surface area contributed by atoms with Crippen LogP contribution < -0.4 is 25.1 Å². The molecular formula is C39H36F2N6O5. The molecule has 1 amide bonds. The van der Waals surface area contributed by atoms with Crippen molar-refractivity contribution in [2.24, 2.45) is 0 Å². The Labute approximate surface area is 298 Å². The van der Waals surface area contributed by atoms with E-state index < -0.39 is 23.1 Å². The summed E-state index contributed by atoms with van der Waals surface area (Å²) in [5.74, 6) is -0.694. The summed E-state index contributed by atoms with van der Waals surface area (Å²) in [4.78, 5) is 40.5. The van der Waals surface area contributed by atoms with Gasteiger partial charge in [-0.25, -0.2) is 13.8 Å². The van der Waals surface area contributed by atoms with Crippen LogP contribution in [-0.4, -0.2) is 83.7 Å². The van der Waals surface area contributed by atoms with Gasteiger partial charge in [0.05, 0.1) is 24.9 Å². The molecule has 7 rings (SSSR count). The van der Waals surface area contributed by atoms with Crippen LogP contribution in [0.15, 0.2) is 96.1 Å². The predicted octanol–water partition coefficient (Wildman–Crippen LogP) is 6.28. The zero-order valence-corrected chi connectivity index (χ0v) is 28.6. The number of carbonyl (C=O) groups is 1. The third kappa shape index (κ3) is 7.41. The summed E-state index contributed by atoms with van der Waals surface area (Å²) >= 11 is 0. The van der Waals surface area contributed by atoms with E-state index in [1.165, 1.54) is 53.2 Å². The molecule has 1 N–H and O–H groups in total. The number of fused-ring (bicyclic) bond motifs is 2. The zero-order valence-electron chi connectivity index (χ0n) is 28.6. The highest BCUT2D eigenvalue weighted by molar-refractivity contribution is 6.05. The first-order valence-corrected chi connectivity index (χ1v) is 16.8. The van der Waals surface area contributed by atoms with Gasteiger partial charge in [0.25, 0.3) is 11.5 Å². The summed E-state index contributed by atoms with van der Waals surface area (Å²) in [5, 5.41) is 3.70. The molecular weight excluding hydrogens is 670 g/mol. The van der Waals surface area contributed by atoms with Crippen molar-refractivity contribution in [3.05, 3.63) is 119 Å². The van der Waals surface area contributed by atoms with E-state index in [1.54, 1.807) is 43.6 Å². The number of piperazine rings is 1. The Bertz CT molecular complexity index is 2310. The van der Waals surface area contributed by atoms with Crippen molar-refractivity contribution in [2.45, 2.75) is 6.42 Å². The number of carbonyl (C=O) groups excluding carboxylic acids is 1. The summed E-state index contributed by atoms with van der Waals surface area (Å²) < 4.78 is 48.1. The van der Waals surface area contributed by atoms with Gasteiger partial charge >= 0.3 is 0 Å². The van der Waals surface area contributed by atoms with Crippen LogP contribution in [0.4, 0.5) is 14.5 Å². The van der Waals surface area contributed by atoms with E-state index in [0.717, 1.165) is 45.2 Å². The molecule has 1 aliphatic heterocycles. The van der Waals surface area contributed by atoms with Crippen LogP contribution in [0.3, 0.4) is 0 Å². The van der Waals surface area contributed by atoms with Crippen molar-refractivity contribution in [2.75, 3.05) is 58.8 Å². The SMILES string of the molecule is COc1cc2c(Oc3ccc(NC(=O)c4cc5cccnc5n(-c5ccc(F)cc5)c4=O)cc3F)ccnc2cc1OCCCN1CCN(C)CC1. The highest BCUT2D eigenvalue weighted by Crippen LogP contribution is 2.38. The van der Waals surface area contributed by atoms with Gasteiger partial charge in [-0.1, -0.05) is 0 Å². The lowest BCUT2D eigenvalue weighted by Gasteiger charge is -2.32. The molecule has 0 aliphatic carbocycles. The van der Waals surface area contributed by atoms with Gasteiger partial charge < -0.3 is 29.3 Å². The van der Waals surface area contributed by atoms with Crippen molar-refractivity contribution < 1.29 is 27.8 Å². The first-order valence-electron chi connectivity index (χ1n) is 16.8. The van der Waals surface area contributed by atoms with Crippen molar-refractivity contribution in [1.82, 2.24) is 24.3 Å². The van der Waals surface area contributed by atoms with Crippen LogP contribution in [0.2, 0.25) is 0 Å². The Balaban J connectivity index is 1.07. The Kier molecular flexibility index (Phi) is 10.0. The van der Waals surface area contributed by atoms with Gasteiger partial charge in [-0.2, -0.15) is 0 Å². The second-order valence-corrected chi connectivity index (χ2v) is 12.5. The molecule has 3 aromatic heterocycles. The zero-order chi connectivity index (χ0) is 36.2. The average molecular weight is 707 g/mol. The number of likely N-dealkylation sites (N-methyl/N-ethyl adjacent to an activating group) is 1. The maximum absolute atomic E-state index is 15.5. The average Bonchev–Trinajstić information content (AvgIpc) is 3.15. The minimum atomic E-state index is -0.760. The van der Waals surface area contributed by atoms with E-state index >= 15 is 4.39 Å². The molecule has 1 fully saturated rings. The number of anilines is 1. The second kappa shape index (κ2) is 15.1. The third-order valence-corrected chi connectivity index (χ3v) is 8.96. The largest absolute Gasteiger partial charge is 0.493 e. The van der Waals surface area contributed by atoms with Gasteiger partial charge in [-0.3, -0.25) is 19.1 Å². The van der Waals surface area contributed by atoms with Crippen LogP contribution in [0, 0.1) is 11.6 Å². The lowest BCUT2D eigenvalue weighted by molar-refractivity contribution is 0.102. The number of ether oxygens (including phenoxy) is 3. The molecule has 3 aromatic carbocycles. The van der Waals surface area contributed by atoms with Gasteiger partial charge in [0.2, 0.25) is 0 Å². The molecule has 1 aliphatic rings. The summed E-state index contributed by atoms with van der Waals surface area (Å²) in [5.41, 5.74) is 0.429. The van der Waals surface area contributed by atoms with Crippen LogP contribution in [0.1, 0.15) is 16.8 Å². The Morgan fingerprint density at radius 1 is 0.865 bits per heavy atom. The molecule has 0 bridgehead atoms. The van der Waals surface area contributed by atoms with Gasteiger partial charge in [0, 0.05) is 73.7 Å². The van der Waals surface area contributed by atoms with Crippen molar-refractivity contribution in [1.29, 1.82) is 0 Å². The Hall–Kier alpha value is -5.92. The number of benzene rings is 3. The maximum Gasteiger partial charge on any atom is 0.269 e. The quantitative estimate of drug-likeness (QED) is 0.156. The van der Waals surface area contributed by atoms with E-state index in [9.17, 15) is 14.0 Å². The van der Waals surface area contributed by atoms with Gasteiger partial charge in [0.1, 0.15) is 22.8 Å².